The summed E-state index contributed by atoms with van der Waals surface area (Å²) in [5, 5.41) is 7.63. The van der Waals surface area contributed by atoms with Crippen LogP contribution >= 0.6 is 0 Å². The minimum atomic E-state index is -0.0746. The van der Waals surface area contributed by atoms with Gasteiger partial charge in [-0.1, -0.05) is 12.8 Å². The van der Waals surface area contributed by atoms with E-state index in [-0.39, 0.29) is 5.91 Å². The number of hydrogen-bond donors (Lipinski definition) is 1. The lowest BCUT2D eigenvalue weighted by atomic mass is 10.1. The Bertz CT molecular complexity index is 818. The molecule has 2 aromatic rings. The van der Waals surface area contributed by atoms with Gasteiger partial charge in [-0.15, -0.1) is 0 Å². The number of nitrogens with zero attached hydrogens (tertiary/aromatic N) is 3. The van der Waals surface area contributed by atoms with E-state index in [0.29, 0.717) is 11.6 Å². The minimum Gasteiger partial charge on any atom is -0.378 e. The van der Waals surface area contributed by atoms with Crippen molar-refractivity contribution in [1.29, 1.82) is 0 Å². The largest absolute Gasteiger partial charge is 0.378 e. The standard InChI is InChI=1S/C21H28N4O2/c1-15-13-17(7-8-19(15)24-9-11-27-12-10-24)21(26)23-20-16(2)14-22-25(20)18-5-3-4-6-18/h7-8,13-14,18H,3-6,9-12H2,1-2H3,(H,23,26). The highest BCUT2D eigenvalue weighted by atomic mass is 16.5. The number of ether oxygens (including phenoxy) is 1. The lowest BCUT2D eigenvalue weighted by Gasteiger charge is -2.30. The van der Waals surface area contributed by atoms with Gasteiger partial charge in [0.05, 0.1) is 25.5 Å². The van der Waals surface area contributed by atoms with Crippen LogP contribution in [-0.2, 0) is 4.74 Å². The van der Waals surface area contributed by atoms with Gasteiger partial charge in [-0.2, -0.15) is 5.10 Å². The Morgan fingerprint density at radius 1 is 1.15 bits per heavy atom. The van der Waals surface area contributed by atoms with E-state index in [0.717, 1.165) is 56.1 Å². The van der Waals surface area contributed by atoms with Crippen LogP contribution in [0.4, 0.5) is 11.5 Å². The highest BCUT2D eigenvalue weighted by Gasteiger charge is 2.23. The Morgan fingerprint density at radius 3 is 2.59 bits per heavy atom. The van der Waals surface area contributed by atoms with Crippen molar-refractivity contribution in [2.45, 2.75) is 45.6 Å². The Balaban J connectivity index is 1.52. The van der Waals surface area contributed by atoms with E-state index in [1.54, 1.807) is 0 Å². The number of morpholine rings is 1. The summed E-state index contributed by atoms with van der Waals surface area (Å²) in [4.78, 5) is 15.2. The molecule has 1 saturated heterocycles. The first-order valence-corrected chi connectivity index (χ1v) is 9.92. The second-order valence-corrected chi connectivity index (χ2v) is 7.61. The lowest BCUT2D eigenvalue weighted by molar-refractivity contribution is 0.102. The smallest absolute Gasteiger partial charge is 0.256 e. The lowest BCUT2D eigenvalue weighted by Crippen LogP contribution is -2.36. The van der Waals surface area contributed by atoms with E-state index in [1.807, 2.05) is 29.9 Å². The van der Waals surface area contributed by atoms with Gasteiger partial charge in [0.15, 0.2) is 0 Å². The summed E-state index contributed by atoms with van der Waals surface area (Å²) in [6, 6.07) is 6.35. The number of benzene rings is 1. The zero-order valence-corrected chi connectivity index (χ0v) is 16.2. The first kappa shape index (κ1) is 18.0. The number of amides is 1. The highest BCUT2D eigenvalue weighted by molar-refractivity contribution is 6.04. The van der Waals surface area contributed by atoms with Crippen LogP contribution in [0.1, 0.15) is 53.2 Å². The molecule has 6 heteroatoms. The average molecular weight is 368 g/mol. The SMILES string of the molecule is Cc1cc(C(=O)Nc2c(C)cnn2C2CCCC2)ccc1N1CCOCC1. The maximum atomic E-state index is 12.9. The molecule has 6 nitrogen and oxygen atoms in total. The quantitative estimate of drug-likeness (QED) is 0.894. The molecule has 0 atom stereocenters. The number of hydrogen-bond acceptors (Lipinski definition) is 4. The van der Waals surface area contributed by atoms with Crippen LogP contribution in [-0.4, -0.2) is 42.0 Å². The molecule has 2 heterocycles. The van der Waals surface area contributed by atoms with E-state index in [1.165, 1.54) is 18.5 Å². The molecule has 2 aliphatic rings. The maximum absolute atomic E-state index is 12.9. The fourth-order valence-electron chi connectivity index (χ4n) is 4.17. The predicted molar refractivity (Wildman–Crippen MR) is 107 cm³/mol. The fraction of sp³-hybridized carbons (Fsp3) is 0.524. The van der Waals surface area contributed by atoms with E-state index < -0.39 is 0 Å². The summed E-state index contributed by atoms with van der Waals surface area (Å²) in [6.45, 7) is 7.37. The van der Waals surface area contributed by atoms with Crippen LogP contribution in [0.25, 0.3) is 0 Å². The molecule has 144 valence electrons. The third-order valence-corrected chi connectivity index (χ3v) is 5.69. The fourth-order valence-corrected chi connectivity index (χ4v) is 4.17. The number of carbonyl (C=O) groups excluding carboxylic acids is 1. The van der Waals surface area contributed by atoms with Crippen LogP contribution < -0.4 is 10.2 Å². The third-order valence-electron chi connectivity index (χ3n) is 5.69. The second kappa shape index (κ2) is 7.72. The highest BCUT2D eigenvalue weighted by Crippen LogP contribution is 2.32. The summed E-state index contributed by atoms with van der Waals surface area (Å²) in [6.07, 6.45) is 6.59. The molecule has 0 bridgehead atoms. The van der Waals surface area contributed by atoms with Crippen LogP contribution in [0, 0.1) is 13.8 Å². The van der Waals surface area contributed by atoms with Gasteiger partial charge < -0.3 is 15.0 Å². The predicted octanol–water partition coefficient (Wildman–Crippen LogP) is 3.70. The van der Waals surface area contributed by atoms with Crippen molar-refractivity contribution in [2.75, 3.05) is 36.5 Å². The van der Waals surface area contributed by atoms with Crippen molar-refractivity contribution in [3.8, 4) is 0 Å². The van der Waals surface area contributed by atoms with Crippen molar-refractivity contribution < 1.29 is 9.53 Å². The van der Waals surface area contributed by atoms with E-state index >= 15 is 0 Å². The Hall–Kier alpha value is -2.34. The first-order valence-electron chi connectivity index (χ1n) is 9.92. The average Bonchev–Trinajstić information content (AvgIpc) is 3.33. The second-order valence-electron chi connectivity index (χ2n) is 7.61. The number of nitrogens with one attached hydrogen (secondary N) is 1. The van der Waals surface area contributed by atoms with Gasteiger partial charge in [0, 0.05) is 29.9 Å². The molecule has 1 saturated carbocycles. The molecule has 1 aliphatic carbocycles. The van der Waals surface area contributed by atoms with Crippen LogP contribution in [0.2, 0.25) is 0 Å². The number of rotatable bonds is 4. The van der Waals surface area contributed by atoms with Crippen molar-refractivity contribution in [2.24, 2.45) is 0 Å². The van der Waals surface area contributed by atoms with Gasteiger partial charge in [-0.25, -0.2) is 4.68 Å². The van der Waals surface area contributed by atoms with Gasteiger partial charge in [-0.05, 0) is 50.5 Å². The summed E-state index contributed by atoms with van der Waals surface area (Å²) in [7, 11) is 0. The zero-order chi connectivity index (χ0) is 18.8. The molecular formula is C21H28N4O2. The molecule has 27 heavy (non-hydrogen) atoms. The number of anilines is 2. The summed E-state index contributed by atoms with van der Waals surface area (Å²) in [5.74, 6) is 0.760. The van der Waals surface area contributed by atoms with Crippen molar-refractivity contribution in [3.63, 3.8) is 0 Å². The van der Waals surface area contributed by atoms with Crippen LogP contribution in [0.15, 0.2) is 24.4 Å². The number of aryl methyl sites for hydroxylation is 2. The summed E-state index contributed by atoms with van der Waals surface area (Å²) in [5.41, 5.74) is 3.99. The molecule has 0 spiro atoms. The van der Waals surface area contributed by atoms with Crippen molar-refractivity contribution >= 4 is 17.4 Å². The van der Waals surface area contributed by atoms with Crippen molar-refractivity contribution in [1.82, 2.24) is 9.78 Å². The topological polar surface area (TPSA) is 59.4 Å². The van der Waals surface area contributed by atoms with E-state index in [2.05, 4.69) is 28.3 Å². The molecule has 4 rings (SSSR count). The Morgan fingerprint density at radius 2 is 1.89 bits per heavy atom. The van der Waals surface area contributed by atoms with Gasteiger partial charge >= 0.3 is 0 Å². The maximum Gasteiger partial charge on any atom is 0.256 e. The molecular weight excluding hydrogens is 340 g/mol. The van der Waals surface area contributed by atoms with Crippen molar-refractivity contribution in [3.05, 3.63) is 41.1 Å². The normalized spacial score (nSPS) is 18.1. The van der Waals surface area contributed by atoms with Gasteiger partial charge in [0.1, 0.15) is 5.82 Å². The molecule has 1 N–H and O–H groups in total. The summed E-state index contributed by atoms with van der Waals surface area (Å²) < 4.78 is 7.44. The molecule has 1 aliphatic heterocycles. The third kappa shape index (κ3) is 3.72. The molecule has 2 fully saturated rings. The Labute approximate surface area is 160 Å². The molecule has 1 aromatic carbocycles. The minimum absolute atomic E-state index is 0.0746. The zero-order valence-electron chi connectivity index (χ0n) is 16.2. The van der Waals surface area contributed by atoms with Crippen LogP contribution in [0.3, 0.4) is 0 Å². The number of aromatic nitrogens is 2. The first-order chi connectivity index (χ1) is 13.1. The number of carbonyl (C=O) groups is 1. The summed E-state index contributed by atoms with van der Waals surface area (Å²) >= 11 is 0. The van der Waals surface area contributed by atoms with Gasteiger partial charge in [0.25, 0.3) is 5.91 Å². The van der Waals surface area contributed by atoms with Gasteiger partial charge in [-0.3, -0.25) is 4.79 Å². The molecule has 0 radical (unpaired) electrons. The van der Waals surface area contributed by atoms with Crippen LogP contribution in [0.5, 0.6) is 0 Å². The molecule has 1 amide bonds. The van der Waals surface area contributed by atoms with Gasteiger partial charge in [0.2, 0.25) is 0 Å². The molecule has 0 unspecified atom stereocenters. The van der Waals surface area contributed by atoms with E-state index in [9.17, 15) is 4.79 Å². The Kier molecular flexibility index (Phi) is 5.16. The molecule has 1 aromatic heterocycles. The van der Waals surface area contributed by atoms with E-state index in [4.69, 9.17) is 4.74 Å². The monoisotopic (exact) mass is 368 g/mol.